The van der Waals surface area contributed by atoms with E-state index in [9.17, 15) is 18.8 Å². The molecule has 0 fully saturated rings. The molecule has 0 aliphatic carbocycles. The summed E-state index contributed by atoms with van der Waals surface area (Å²) >= 11 is 0. The monoisotopic (exact) mass is 292 g/mol. The Morgan fingerprint density at radius 1 is 1.52 bits per heavy atom. The number of unbranched alkanes of at least 4 members (excludes halogenated alkanes) is 1. The summed E-state index contributed by atoms with van der Waals surface area (Å²) in [6, 6.07) is 3.36. The van der Waals surface area contributed by atoms with Crippen molar-refractivity contribution >= 4 is 18.1 Å². The van der Waals surface area contributed by atoms with Crippen LogP contribution in [0, 0.1) is 5.82 Å². The molecule has 0 bridgehead atoms. The molecule has 6 heteroatoms. The van der Waals surface area contributed by atoms with E-state index < -0.39 is 11.9 Å². The van der Waals surface area contributed by atoms with Gasteiger partial charge < -0.3 is 15.0 Å². The van der Waals surface area contributed by atoms with Crippen LogP contribution in [0.15, 0.2) is 18.2 Å². The molecular weight excluding hydrogens is 275 g/mol. The molecule has 0 aromatic heterocycles. The molecule has 0 saturated carbocycles. The van der Waals surface area contributed by atoms with Crippen molar-refractivity contribution in [3.05, 3.63) is 35.1 Å². The van der Waals surface area contributed by atoms with Crippen LogP contribution in [-0.2, 0) is 16.1 Å². The molecule has 1 atom stereocenters. The lowest BCUT2D eigenvalue weighted by molar-refractivity contribution is -0.125. The number of carbonyl (C=O) groups excluding carboxylic acids is 3. The van der Waals surface area contributed by atoms with Crippen LogP contribution >= 0.6 is 0 Å². The summed E-state index contributed by atoms with van der Waals surface area (Å²) in [5.74, 6) is -0.951. The molecule has 1 heterocycles. The molecule has 1 aromatic carbocycles. The third kappa shape index (κ3) is 3.09. The second-order valence-corrected chi connectivity index (χ2v) is 4.96. The van der Waals surface area contributed by atoms with E-state index in [-0.39, 0.29) is 18.4 Å². The molecule has 1 aliphatic rings. The molecule has 21 heavy (non-hydrogen) atoms. The van der Waals surface area contributed by atoms with Crippen LogP contribution in [-0.4, -0.2) is 36.1 Å². The molecular formula is C15H17FN2O3. The third-order valence-electron chi connectivity index (χ3n) is 3.62. The van der Waals surface area contributed by atoms with Gasteiger partial charge in [0.1, 0.15) is 18.1 Å². The number of aldehydes is 1. The van der Waals surface area contributed by atoms with Crippen molar-refractivity contribution in [2.24, 2.45) is 0 Å². The van der Waals surface area contributed by atoms with Gasteiger partial charge in [-0.1, -0.05) is 0 Å². The summed E-state index contributed by atoms with van der Waals surface area (Å²) in [7, 11) is 1.50. The minimum absolute atomic E-state index is 0.213. The van der Waals surface area contributed by atoms with E-state index in [1.54, 1.807) is 0 Å². The summed E-state index contributed by atoms with van der Waals surface area (Å²) in [5.41, 5.74) is 1.02. The first-order valence-electron chi connectivity index (χ1n) is 6.83. The van der Waals surface area contributed by atoms with Crippen LogP contribution in [0.3, 0.4) is 0 Å². The summed E-state index contributed by atoms with van der Waals surface area (Å²) in [6.07, 6.45) is 2.06. The van der Waals surface area contributed by atoms with Gasteiger partial charge in [-0.05, 0) is 36.6 Å². The van der Waals surface area contributed by atoms with E-state index in [0.29, 0.717) is 30.4 Å². The van der Waals surface area contributed by atoms with Crippen molar-refractivity contribution in [1.82, 2.24) is 10.2 Å². The van der Waals surface area contributed by atoms with Crippen LogP contribution in [0.5, 0.6) is 0 Å². The van der Waals surface area contributed by atoms with Gasteiger partial charge in [-0.25, -0.2) is 4.39 Å². The Bertz CT molecular complexity index is 574. The SMILES string of the molecule is CNC(=O)C(CCCC=O)N1Cc2cc(F)ccc2C1=O. The largest absolute Gasteiger partial charge is 0.357 e. The van der Waals surface area contributed by atoms with Gasteiger partial charge >= 0.3 is 0 Å². The number of fused-ring (bicyclic) bond motifs is 1. The zero-order valence-corrected chi connectivity index (χ0v) is 11.8. The van der Waals surface area contributed by atoms with E-state index in [1.165, 1.54) is 30.1 Å². The van der Waals surface area contributed by atoms with Crippen LogP contribution in [0.4, 0.5) is 4.39 Å². The van der Waals surface area contributed by atoms with E-state index in [4.69, 9.17) is 0 Å². The Labute approximate surface area is 122 Å². The smallest absolute Gasteiger partial charge is 0.255 e. The molecule has 1 N–H and O–H groups in total. The molecule has 0 radical (unpaired) electrons. The van der Waals surface area contributed by atoms with E-state index in [1.807, 2.05) is 0 Å². The minimum atomic E-state index is -0.641. The average Bonchev–Trinajstić information content (AvgIpc) is 2.79. The Hall–Kier alpha value is -2.24. The Balaban J connectivity index is 2.20. The number of benzene rings is 1. The lowest BCUT2D eigenvalue weighted by Gasteiger charge is -2.26. The van der Waals surface area contributed by atoms with Crippen LogP contribution in [0.2, 0.25) is 0 Å². The molecule has 5 nitrogen and oxygen atoms in total. The first-order valence-corrected chi connectivity index (χ1v) is 6.83. The predicted molar refractivity (Wildman–Crippen MR) is 74.0 cm³/mol. The van der Waals surface area contributed by atoms with Gasteiger partial charge in [-0.2, -0.15) is 0 Å². The highest BCUT2D eigenvalue weighted by molar-refractivity contribution is 6.01. The molecule has 2 rings (SSSR count). The normalized spacial score (nSPS) is 14.8. The van der Waals surface area contributed by atoms with Gasteiger partial charge in [0.05, 0.1) is 0 Å². The lowest BCUT2D eigenvalue weighted by atomic mass is 10.1. The summed E-state index contributed by atoms with van der Waals surface area (Å²) in [5, 5.41) is 2.53. The quantitative estimate of drug-likeness (QED) is 0.634. The van der Waals surface area contributed by atoms with E-state index in [0.717, 1.165) is 6.29 Å². The van der Waals surface area contributed by atoms with Crippen LogP contribution in [0.25, 0.3) is 0 Å². The van der Waals surface area contributed by atoms with Crippen molar-refractivity contribution in [2.75, 3.05) is 7.05 Å². The highest BCUT2D eigenvalue weighted by Gasteiger charge is 2.35. The second kappa shape index (κ2) is 6.47. The van der Waals surface area contributed by atoms with Gasteiger partial charge in [-0.3, -0.25) is 9.59 Å². The highest BCUT2D eigenvalue weighted by atomic mass is 19.1. The number of hydrogen-bond acceptors (Lipinski definition) is 3. The highest BCUT2D eigenvalue weighted by Crippen LogP contribution is 2.27. The maximum atomic E-state index is 13.2. The fourth-order valence-corrected chi connectivity index (χ4v) is 2.55. The zero-order chi connectivity index (χ0) is 15.4. The van der Waals surface area contributed by atoms with Crippen molar-refractivity contribution in [2.45, 2.75) is 31.8 Å². The molecule has 0 spiro atoms. The summed E-state index contributed by atoms with van der Waals surface area (Å²) in [4.78, 5) is 36.2. The van der Waals surface area contributed by atoms with Crippen LogP contribution < -0.4 is 5.32 Å². The summed E-state index contributed by atoms with van der Waals surface area (Å²) < 4.78 is 13.2. The molecule has 112 valence electrons. The van der Waals surface area contributed by atoms with Gasteiger partial charge in [0, 0.05) is 25.6 Å². The van der Waals surface area contributed by atoms with E-state index in [2.05, 4.69) is 5.32 Å². The number of amides is 2. The molecule has 2 amide bonds. The second-order valence-electron chi connectivity index (χ2n) is 4.96. The van der Waals surface area contributed by atoms with Gasteiger partial charge in [0.2, 0.25) is 5.91 Å². The number of hydrogen-bond donors (Lipinski definition) is 1. The van der Waals surface area contributed by atoms with Crippen molar-refractivity contribution in [3.8, 4) is 0 Å². The number of rotatable bonds is 6. The van der Waals surface area contributed by atoms with Gasteiger partial charge in [-0.15, -0.1) is 0 Å². The van der Waals surface area contributed by atoms with Gasteiger partial charge in [0.25, 0.3) is 5.91 Å². The Kier molecular flexibility index (Phi) is 4.67. The van der Waals surface area contributed by atoms with Crippen molar-refractivity contribution < 1.29 is 18.8 Å². The Morgan fingerprint density at radius 2 is 2.29 bits per heavy atom. The predicted octanol–water partition coefficient (Wildman–Crippen LogP) is 1.27. The molecule has 1 aliphatic heterocycles. The summed E-state index contributed by atoms with van der Waals surface area (Å²) in [6.45, 7) is 0.213. The molecule has 1 aromatic rings. The maximum Gasteiger partial charge on any atom is 0.255 e. The fraction of sp³-hybridized carbons (Fsp3) is 0.400. The molecule has 1 unspecified atom stereocenters. The van der Waals surface area contributed by atoms with Crippen LogP contribution in [0.1, 0.15) is 35.2 Å². The average molecular weight is 292 g/mol. The zero-order valence-electron chi connectivity index (χ0n) is 11.8. The number of halogens is 1. The maximum absolute atomic E-state index is 13.2. The Morgan fingerprint density at radius 3 is 2.95 bits per heavy atom. The minimum Gasteiger partial charge on any atom is -0.357 e. The van der Waals surface area contributed by atoms with Crippen molar-refractivity contribution in [3.63, 3.8) is 0 Å². The van der Waals surface area contributed by atoms with E-state index >= 15 is 0 Å². The number of nitrogens with one attached hydrogen (secondary N) is 1. The topological polar surface area (TPSA) is 66.5 Å². The molecule has 0 saturated heterocycles. The number of nitrogens with zero attached hydrogens (tertiary/aromatic N) is 1. The lowest BCUT2D eigenvalue weighted by Crippen LogP contribution is -2.46. The third-order valence-corrected chi connectivity index (χ3v) is 3.62. The first kappa shape index (κ1) is 15.2. The van der Waals surface area contributed by atoms with Crippen molar-refractivity contribution in [1.29, 1.82) is 0 Å². The standard InChI is InChI=1S/C15H17FN2O3/c1-17-14(20)13(4-2-3-7-19)18-9-10-8-11(16)5-6-12(10)15(18)21/h5-8,13H,2-4,9H2,1H3,(H,17,20). The number of carbonyl (C=O) groups is 3. The first-order chi connectivity index (χ1) is 10.1. The fourth-order valence-electron chi connectivity index (χ4n) is 2.55. The number of likely N-dealkylation sites (N-methyl/N-ethyl adjacent to an activating group) is 1. The van der Waals surface area contributed by atoms with Gasteiger partial charge in [0.15, 0.2) is 0 Å².